The number of carbonyl (C=O) groups excluding carboxylic acids is 1. The van der Waals surface area contributed by atoms with Gasteiger partial charge in [-0.1, -0.05) is 6.07 Å². The summed E-state index contributed by atoms with van der Waals surface area (Å²) in [6.07, 6.45) is -4.24. The molecular weight excluding hydrogens is 435 g/mol. The molecule has 0 radical (unpaired) electrons. The van der Waals surface area contributed by atoms with Crippen molar-refractivity contribution in [3.8, 4) is 5.75 Å². The van der Waals surface area contributed by atoms with Crippen molar-refractivity contribution in [2.75, 3.05) is 16.6 Å². The van der Waals surface area contributed by atoms with Gasteiger partial charge in [-0.25, -0.2) is 13.2 Å². The lowest BCUT2D eigenvalue weighted by Crippen LogP contribution is -2.39. The molecule has 0 fully saturated rings. The molecule has 0 spiro atoms. The average Bonchev–Trinajstić information content (AvgIpc) is 2.67. The number of carbonyl (C=O) groups is 1. The summed E-state index contributed by atoms with van der Waals surface area (Å²) in [5.74, 6) is -0.922. The number of nitrogens with zero attached hydrogens (tertiary/aromatic N) is 1. The number of urea groups is 1. The number of phenols is 1. The lowest BCUT2D eigenvalue weighted by Gasteiger charge is -2.29. The Kier molecular flexibility index (Phi) is 6.08. The van der Waals surface area contributed by atoms with E-state index in [1.54, 1.807) is 32.0 Å². The van der Waals surface area contributed by atoms with Gasteiger partial charge < -0.3 is 15.3 Å². The molecule has 2 aromatic carbocycles. The third-order valence-electron chi connectivity index (χ3n) is 4.94. The van der Waals surface area contributed by atoms with Gasteiger partial charge in [0, 0.05) is 24.5 Å². The lowest BCUT2D eigenvalue weighted by molar-refractivity contribution is -0.138. The first-order valence-electron chi connectivity index (χ1n) is 9.46. The van der Waals surface area contributed by atoms with E-state index >= 15 is 0 Å². The summed E-state index contributed by atoms with van der Waals surface area (Å²) in [6.45, 7) is 3.63. The van der Waals surface area contributed by atoms with Crippen molar-refractivity contribution in [3.63, 3.8) is 0 Å². The minimum atomic E-state index is -4.76. The van der Waals surface area contributed by atoms with Crippen molar-refractivity contribution in [1.82, 2.24) is 4.90 Å². The molecule has 0 atom stereocenters. The maximum absolute atomic E-state index is 13.0. The van der Waals surface area contributed by atoms with Crippen LogP contribution in [0.4, 0.5) is 29.3 Å². The number of phenolic OH excluding ortho intramolecular Hbond substituents is 1. The van der Waals surface area contributed by atoms with Gasteiger partial charge in [-0.3, -0.25) is 4.72 Å². The summed E-state index contributed by atoms with van der Waals surface area (Å²) >= 11 is 0. The predicted molar refractivity (Wildman–Crippen MR) is 110 cm³/mol. The Bertz CT molecular complexity index is 1100. The number of fused-ring (bicyclic) bond motifs is 1. The molecule has 0 bridgehead atoms. The first-order valence-corrected chi connectivity index (χ1v) is 11.0. The summed E-state index contributed by atoms with van der Waals surface area (Å²) in [5.41, 5.74) is 0.742. The zero-order valence-electron chi connectivity index (χ0n) is 16.8. The van der Waals surface area contributed by atoms with Gasteiger partial charge in [0.05, 0.1) is 10.8 Å². The second-order valence-electron chi connectivity index (χ2n) is 7.51. The Morgan fingerprint density at radius 1 is 1.10 bits per heavy atom. The van der Waals surface area contributed by atoms with E-state index in [0.717, 1.165) is 17.2 Å². The Labute approximate surface area is 177 Å². The molecule has 3 rings (SSSR count). The Morgan fingerprint density at radius 2 is 1.77 bits per heavy atom. The van der Waals surface area contributed by atoms with Crippen LogP contribution in [0.25, 0.3) is 0 Å². The van der Waals surface area contributed by atoms with E-state index in [9.17, 15) is 31.5 Å². The highest BCUT2D eigenvalue weighted by atomic mass is 32.2. The summed E-state index contributed by atoms with van der Waals surface area (Å²) < 4.78 is 65.5. The molecule has 3 N–H and O–H groups in total. The SMILES string of the molecule is CC(C)S(=O)(=O)Nc1ccc2c(c1)CN(C(=O)Nc1ccc(O)c(C(F)(F)F)c1)CC2. The van der Waals surface area contributed by atoms with Crippen LogP contribution in [0.2, 0.25) is 0 Å². The van der Waals surface area contributed by atoms with Crippen LogP contribution >= 0.6 is 0 Å². The highest BCUT2D eigenvalue weighted by Gasteiger charge is 2.34. The number of anilines is 2. The Morgan fingerprint density at radius 3 is 2.42 bits per heavy atom. The monoisotopic (exact) mass is 457 g/mol. The van der Waals surface area contributed by atoms with Crippen molar-refractivity contribution in [2.45, 2.75) is 38.2 Å². The lowest BCUT2D eigenvalue weighted by atomic mass is 9.99. The zero-order valence-corrected chi connectivity index (χ0v) is 17.6. The number of halogens is 3. The summed E-state index contributed by atoms with van der Waals surface area (Å²) in [6, 6.07) is 7.22. The van der Waals surface area contributed by atoms with Gasteiger partial charge in [0.15, 0.2) is 0 Å². The summed E-state index contributed by atoms with van der Waals surface area (Å²) in [7, 11) is -3.52. The smallest absolute Gasteiger partial charge is 0.420 e. The Balaban J connectivity index is 1.74. The molecule has 0 saturated carbocycles. The molecule has 2 amide bonds. The van der Waals surface area contributed by atoms with Gasteiger partial charge in [-0.2, -0.15) is 13.2 Å². The number of benzene rings is 2. The van der Waals surface area contributed by atoms with Gasteiger partial charge in [-0.15, -0.1) is 0 Å². The Hall–Kier alpha value is -2.95. The molecule has 0 unspecified atom stereocenters. The van der Waals surface area contributed by atoms with Crippen LogP contribution in [0.3, 0.4) is 0 Å². The van der Waals surface area contributed by atoms with Crippen molar-refractivity contribution in [3.05, 3.63) is 53.1 Å². The number of amides is 2. The molecular formula is C20H22F3N3O4S. The van der Waals surface area contributed by atoms with Gasteiger partial charge >= 0.3 is 12.2 Å². The number of hydrogen-bond acceptors (Lipinski definition) is 4. The molecule has 2 aromatic rings. The van der Waals surface area contributed by atoms with E-state index < -0.39 is 38.8 Å². The first kappa shape index (κ1) is 22.7. The highest BCUT2D eigenvalue weighted by Crippen LogP contribution is 2.37. The molecule has 11 heteroatoms. The fourth-order valence-electron chi connectivity index (χ4n) is 3.12. The maximum Gasteiger partial charge on any atom is 0.420 e. The number of aromatic hydroxyl groups is 1. The van der Waals surface area contributed by atoms with Crippen LogP contribution in [0, 0.1) is 0 Å². The first-order chi connectivity index (χ1) is 14.4. The second kappa shape index (κ2) is 8.29. The number of sulfonamides is 1. The van der Waals surface area contributed by atoms with Gasteiger partial charge in [0.25, 0.3) is 0 Å². The van der Waals surface area contributed by atoms with Crippen molar-refractivity contribution in [2.24, 2.45) is 0 Å². The molecule has 0 saturated heterocycles. The maximum atomic E-state index is 13.0. The van der Waals surface area contributed by atoms with Crippen molar-refractivity contribution in [1.29, 1.82) is 0 Å². The van der Waals surface area contributed by atoms with Gasteiger partial charge in [-0.05, 0) is 61.7 Å². The molecule has 1 heterocycles. The molecule has 0 aromatic heterocycles. The highest BCUT2D eigenvalue weighted by molar-refractivity contribution is 7.93. The molecule has 1 aliphatic heterocycles. The predicted octanol–water partition coefficient (Wildman–Crippen LogP) is 4.15. The third kappa shape index (κ3) is 5.22. The fraction of sp³-hybridized carbons (Fsp3) is 0.350. The van der Waals surface area contributed by atoms with E-state index in [2.05, 4.69) is 10.0 Å². The standard InChI is InChI=1S/C20H22F3N3O4S/c1-12(2)31(29,30)25-16-4-3-13-7-8-26(11-14(13)9-16)19(28)24-15-5-6-18(27)17(10-15)20(21,22)23/h3-6,9-10,12,25,27H,7-8,11H2,1-2H3,(H,24,28). The summed E-state index contributed by atoms with van der Waals surface area (Å²) in [4.78, 5) is 14.0. The second-order valence-corrected chi connectivity index (χ2v) is 9.75. The quantitative estimate of drug-likeness (QED) is 0.601. The average molecular weight is 457 g/mol. The largest absolute Gasteiger partial charge is 0.507 e. The molecule has 7 nitrogen and oxygen atoms in total. The number of nitrogens with one attached hydrogen (secondary N) is 2. The van der Waals surface area contributed by atoms with Gasteiger partial charge in [0.2, 0.25) is 10.0 Å². The van der Waals surface area contributed by atoms with Gasteiger partial charge in [0.1, 0.15) is 5.75 Å². The molecule has 1 aliphatic rings. The minimum absolute atomic E-state index is 0.0978. The molecule has 0 aliphatic carbocycles. The fourth-order valence-corrected chi connectivity index (χ4v) is 3.81. The summed E-state index contributed by atoms with van der Waals surface area (Å²) in [5, 5.41) is 11.2. The normalized spacial score (nSPS) is 14.3. The van der Waals surface area contributed by atoms with Crippen LogP contribution in [0.15, 0.2) is 36.4 Å². The van der Waals surface area contributed by atoms with E-state index in [0.29, 0.717) is 24.7 Å². The van der Waals surface area contributed by atoms with Crippen LogP contribution in [-0.4, -0.2) is 36.3 Å². The van der Waals surface area contributed by atoms with Crippen molar-refractivity contribution < 1.29 is 31.5 Å². The van der Waals surface area contributed by atoms with E-state index in [-0.39, 0.29) is 12.2 Å². The van der Waals surface area contributed by atoms with Crippen LogP contribution in [0.5, 0.6) is 5.75 Å². The topological polar surface area (TPSA) is 98.7 Å². The third-order valence-corrected chi connectivity index (χ3v) is 6.70. The molecule has 31 heavy (non-hydrogen) atoms. The number of rotatable bonds is 4. The van der Waals surface area contributed by atoms with Crippen molar-refractivity contribution >= 4 is 27.4 Å². The minimum Gasteiger partial charge on any atom is -0.507 e. The van der Waals surface area contributed by atoms with E-state index in [1.165, 1.54) is 11.0 Å². The molecule has 168 valence electrons. The van der Waals surface area contributed by atoms with E-state index in [4.69, 9.17) is 0 Å². The number of alkyl halides is 3. The van der Waals surface area contributed by atoms with Crippen LogP contribution in [0.1, 0.15) is 30.5 Å². The zero-order chi connectivity index (χ0) is 23.0. The van der Waals surface area contributed by atoms with E-state index in [1.807, 2.05) is 0 Å². The van der Waals surface area contributed by atoms with Crippen LogP contribution in [-0.2, 0) is 29.2 Å². The van der Waals surface area contributed by atoms with Crippen LogP contribution < -0.4 is 10.0 Å². The number of hydrogen-bond donors (Lipinski definition) is 3.